The zero-order valence-corrected chi connectivity index (χ0v) is 42.0. The Balaban J connectivity index is 4.25. The van der Waals surface area contributed by atoms with E-state index in [-0.39, 0.29) is 31.1 Å². The molecule has 0 spiro atoms. The van der Waals surface area contributed by atoms with Crippen molar-refractivity contribution >= 4 is 17.9 Å². The fourth-order valence-electron chi connectivity index (χ4n) is 7.40. The molecule has 0 radical (unpaired) electrons. The molecule has 0 rings (SSSR count). The smallest absolute Gasteiger partial charge is 0.306 e. The third-order valence-corrected chi connectivity index (χ3v) is 11.4. The Morgan fingerprint density at radius 3 is 0.969 bits per heavy atom. The molecule has 64 heavy (non-hydrogen) atoms. The fourth-order valence-corrected chi connectivity index (χ4v) is 7.40. The Morgan fingerprint density at radius 1 is 0.328 bits per heavy atom. The number of ether oxygens (including phenoxy) is 3. The Morgan fingerprint density at radius 2 is 0.609 bits per heavy atom. The predicted octanol–water partition coefficient (Wildman–Crippen LogP) is 17.8. The molecule has 6 nitrogen and oxygen atoms in total. The van der Waals surface area contributed by atoms with Gasteiger partial charge in [-0.15, -0.1) is 0 Å². The number of allylic oxidation sites excluding steroid dienone is 12. The second kappa shape index (κ2) is 52.5. The van der Waals surface area contributed by atoms with Crippen molar-refractivity contribution < 1.29 is 28.6 Å². The molecular weight excluding hydrogens is 793 g/mol. The number of esters is 3. The van der Waals surface area contributed by atoms with Crippen molar-refractivity contribution in [3.63, 3.8) is 0 Å². The van der Waals surface area contributed by atoms with Crippen molar-refractivity contribution in [2.45, 2.75) is 264 Å². The van der Waals surface area contributed by atoms with E-state index in [4.69, 9.17) is 14.2 Å². The quantitative estimate of drug-likeness (QED) is 0.0262. The molecule has 0 aliphatic rings. The van der Waals surface area contributed by atoms with E-state index in [1.165, 1.54) is 109 Å². The third-order valence-electron chi connectivity index (χ3n) is 11.4. The van der Waals surface area contributed by atoms with E-state index in [0.717, 1.165) is 109 Å². The summed E-state index contributed by atoms with van der Waals surface area (Å²) in [5, 5.41) is 0. The van der Waals surface area contributed by atoms with Crippen molar-refractivity contribution in [3.8, 4) is 0 Å². The van der Waals surface area contributed by atoms with E-state index in [0.29, 0.717) is 19.3 Å². The van der Waals surface area contributed by atoms with Gasteiger partial charge in [0.2, 0.25) is 0 Å². The summed E-state index contributed by atoms with van der Waals surface area (Å²) in [5.41, 5.74) is 0. The topological polar surface area (TPSA) is 78.9 Å². The number of hydrogen-bond acceptors (Lipinski definition) is 6. The maximum Gasteiger partial charge on any atom is 0.306 e. The summed E-state index contributed by atoms with van der Waals surface area (Å²) >= 11 is 0. The molecule has 0 N–H and O–H groups in total. The van der Waals surface area contributed by atoms with E-state index >= 15 is 0 Å². The second-order valence-electron chi connectivity index (χ2n) is 17.8. The molecule has 0 fully saturated rings. The van der Waals surface area contributed by atoms with Crippen LogP contribution in [0.25, 0.3) is 0 Å². The second-order valence-corrected chi connectivity index (χ2v) is 17.8. The third kappa shape index (κ3) is 49.9. The summed E-state index contributed by atoms with van der Waals surface area (Å²) in [6.07, 6.45) is 66.2. The summed E-state index contributed by atoms with van der Waals surface area (Å²) in [6, 6.07) is 0. The molecule has 6 heteroatoms. The summed E-state index contributed by atoms with van der Waals surface area (Å²) in [7, 11) is 0. The van der Waals surface area contributed by atoms with Crippen LogP contribution in [0.2, 0.25) is 0 Å². The van der Waals surface area contributed by atoms with Gasteiger partial charge in [0.05, 0.1) is 0 Å². The minimum atomic E-state index is -0.781. The van der Waals surface area contributed by atoms with Crippen LogP contribution in [0.15, 0.2) is 72.9 Å². The fraction of sp³-hybridized carbons (Fsp3) is 0.741. The minimum Gasteiger partial charge on any atom is -0.462 e. The maximum atomic E-state index is 12.8. The van der Waals surface area contributed by atoms with Gasteiger partial charge in [-0.1, -0.05) is 222 Å². The van der Waals surface area contributed by atoms with Crippen molar-refractivity contribution in [2.75, 3.05) is 13.2 Å². The van der Waals surface area contributed by atoms with Crippen molar-refractivity contribution in [1.82, 2.24) is 0 Å². The molecule has 0 heterocycles. The normalized spacial score (nSPS) is 12.6. The molecule has 0 aliphatic heterocycles. The molecule has 0 saturated heterocycles. The lowest BCUT2D eigenvalue weighted by Gasteiger charge is -2.18. The molecule has 0 aromatic heterocycles. The first-order chi connectivity index (χ1) is 31.5. The van der Waals surface area contributed by atoms with Crippen molar-refractivity contribution in [3.05, 3.63) is 72.9 Å². The van der Waals surface area contributed by atoms with Crippen LogP contribution < -0.4 is 0 Å². The highest BCUT2D eigenvalue weighted by molar-refractivity contribution is 5.71. The number of rotatable bonds is 48. The standard InChI is InChI=1S/C58H100O6/c1-4-7-10-13-16-18-20-22-24-26-27-28-29-30-31-32-34-35-37-39-42-45-48-51-57(60)63-54-55(53-62-56(59)50-47-44-41-15-12-9-6-3)64-58(61)52-49-46-43-40-38-36-33-25-23-21-19-17-14-11-8-5-2/h7,10,16,18,22,24-25,27-28,30-31,33,55H,4-6,8-9,11-15,17,19-21,23,26,29,32,34-54H2,1-3H3/b10-7-,18-16-,24-22-,28-27-,31-30-,33-25-. The van der Waals surface area contributed by atoms with Crippen LogP contribution in [0.3, 0.4) is 0 Å². The highest BCUT2D eigenvalue weighted by atomic mass is 16.6. The maximum absolute atomic E-state index is 12.8. The van der Waals surface area contributed by atoms with Gasteiger partial charge in [0.1, 0.15) is 13.2 Å². The lowest BCUT2D eigenvalue weighted by atomic mass is 10.1. The summed E-state index contributed by atoms with van der Waals surface area (Å²) in [6.45, 7) is 6.47. The van der Waals surface area contributed by atoms with Crippen molar-refractivity contribution in [1.29, 1.82) is 0 Å². The molecule has 0 aromatic carbocycles. The van der Waals surface area contributed by atoms with Crippen LogP contribution in [-0.2, 0) is 28.6 Å². The highest BCUT2D eigenvalue weighted by Crippen LogP contribution is 2.14. The zero-order chi connectivity index (χ0) is 46.5. The average Bonchev–Trinajstić information content (AvgIpc) is 3.29. The van der Waals surface area contributed by atoms with Gasteiger partial charge in [-0.05, 0) is 89.9 Å². The van der Waals surface area contributed by atoms with Gasteiger partial charge in [0.25, 0.3) is 0 Å². The number of carbonyl (C=O) groups is 3. The van der Waals surface area contributed by atoms with Crippen LogP contribution >= 0.6 is 0 Å². The van der Waals surface area contributed by atoms with Gasteiger partial charge in [0.15, 0.2) is 6.10 Å². The van der Waals surface area contributed by atoms with Gasteiger partial charge in [-0.3, -0.25) is 14.4 Å². The van der Waals surface area contributed by atoms with E-state index in [9.17, 15) is 14.4 Å². The largest absolute Gasteiger partial charge is 0.462 e. The van der Waals surface area contributed by atoms with Gasteiger partial charge in [-0.2, -0.15) is 0 Å². The first-order valence-corrected chi connectivity index (χ1v) is 26.9. The summed E-state index contributed by atoms with van der Waals surface area (Å²) < 4.78 is 16.7. The zero-order valence-electron chi connectivity index (χ0n) is 42.0. The van der Waals surface area contributed by atoms with Gasteiger partial charge in [-0.25, -0.2) is 0 Å². The Labute approximate surface area is 395 Å². The van der Waals surface area contributed by atoms with Gasteiger partial charge in [0, 0.05) is 19.3 Å². The number of carbonyl (C=O) groups excluding carboxylic acids is 3. The Hall–Kier alpha value is -3.15. The lowest BCUT2D eigenvalue weighted by molar-refractivity contribution is -0.167. The van der Waals surface area contributed by atoms with Crippen LogP contribution in [0.5, 0.6) is 0 Å². The molecule has 0 bridgehead atoms. The monoisotopic (exact) mass is 893 g/mol. The Bertz CT molecular complexity index is 1210. The lowest BCUT2D eigenvalue weighted by Crippen LogP contribution is -2.30. The van der Waals surface area contributed by atoms with E-state index in [1.54, 1.807) is 0 Å². The van der Waals surface area contributed by atoms with Crippen molar-refractivity contribution in [2.24, 2.45) is 0 Å². The average molecular weight is 893 g/mol. The van der Waals surface area contributed by atoms with Gasteiger partial charge < -0.3 is 14.2 Å². The van der Waals surface area contributed by atoms with Crippen LogP contribution in [0, 0.1) is 0 Å². The van der Waals surface area contributed by atoms with E-state index in [2.05, 4.69) is 93.7 Å². The van der Waals surface area contributed by atoms with Crippen LogP contribution in [0.1, 0.15) is 258 Å². The van der Waals surface area contributed by atoms with E-state index in [1.807, 2.05) is 0 Å². The van der Waals surface area contributed by atoms with E-state index < -0.39 is 6.10 Å². The molecule has 0 aromatic rings. The minimum absolute atomic E-state index is 0.0814. The van der Waals surface area contributed by atoms with Gasteiger partial charge >= 0.3 is 17.9 Å². The molecule has 0 amide bonds. The SMILES string of the molecule is CC/C=C\C/C=C\C/C=C\C/C=C\C/C=C\CCCCCCCCCC(=O)OCC(COC(=O)CCCCCCCCC)OC(=O)CCCCCCC/C=C\CCCCCCCCC. The molecule has 0 saturated carbocycles. The summed E-state index contributed by atoms with van der Waals surface area (Å²) in [5.74, 6) is -0.904. The molecule has 1 unspecified atom stereocenters. The summed E-state index contributed by atoms with van der Waals surface area (Å²) in [4.78, 5) is 37.9. The first kappa shape index (κ1) is 60.9. The molecular formula is C58H100O6. The Kier molecular flexibility index (Phi) is 49.9. The van der Waals surface area contributed by atoms with Crippen LogP contribution in [0.4, 0.5) is 0 Å². The van der Waals surface area contributed by atoms with Crippen LogP contribution in [-0.4, -0.2) is 37.2 Å². The number of hydrogen-bond donors (Lipinski definition) is 0. The highest BCUT2D eigenvalue weighted by Gasteiger charge is 2.19. The first-order valence-electron chi connectivity index (χ1n) is 26.9. The molecule has 368 valence electrons. The predicted molar refractivity (Wildman–Crippen MR) is 274 cm³/mol. The number of unbranched alkanes of at least 4 members (excludes halogenated alkanes) is 25. The molecule has 0 aliphatic carbocycles. The molecule has 1 atom stereocenters.